The third-order valence-corrected chi connectivity index (χ3v) is 1.81. The maximum absolute atomic E-state index is 10.8. The van der Waals surface area contributed by atoms with Crippen molar-refractivity contribution in [2.24, 2.45) is 5.92 Å². The molecule has 1 aliphatic rings. The molecule has 12 heavy (non-hydrogen) atoms. The first kappa shape index (κ1) is 8.99. The molecule has 0 bridgehead atoms. The van der Waals surface area contributed by atoms with Crippen molar-refractivity contribution in [1.82, 2.24) is 0 Å². The molecule has 0 saturated carbocycles. The standard InChI is InChI=1S/C7H10O5/c1-11-7(10)5-2-4(3-12-5)6(8)9/h4-5H,2-3H2,1H3,(H,8,9)/t4-,5-/m1/s1. The lowest BCUT2D eigenvalue weighted by atomic mass is 10.1. The number of esters is 1. The van der Waals surface area contributed by atoms with Crippen molar-refractivity contribution in [2.45, 2.75) is 12.5 Å². The first-order valence-electron chi connectivity index (χ1n) is 3.57. The van der Waals surface area contributed by atoms with Crippen LogP contribution >= 0.6 is 0 Å². The van der Waals surface area contributed by atoms with Gasteiger partial charge in [-0.15, -0.1) is 0 Å². The number of carbonyl (C=O) groups is 2. The van der Waals surface area contributed by atoms with E-state index in [4.69, 9.17) is 9.84 Å². The average molecular weight is 174 g/mol. The lowest BCUT2D eigenvalue weighted by Crippen LogP contribution is -2.21. The Bertz CT molecular complexity index is 200. The van der Waals surface area contributed by atoms with Crippen molar-refractivity contribution >= 4 is 11.9 Å². The number of rotatable bonds is 2. The molecule has 0 aromatic rings. The molecule has 1 N–H and O–H groups in total. The second-order valence-corrected chi connectivity index (χ2v) is 2.62. The van der Waals surface area contributed by atoms with Crippen molar-refractivity contribution < 1.29 is 24.2 Å². The summed E-state index contributed by atoms with van der Waals surface area (Å²) in [6.45, 7) is 0.0924. The van der Waals surface area contributed by atoms with Crippen LogP contribution in [0.1, 0.15) is 6.42 Å². The van der Waals surface area contributed by atoms with Gasteiger partial charge >= 0.3 is 11.9 Å². The number of hydrogen-bond donors (Lipinski definition) is 1. The number of carboxylic acids is 1. The summed E-state index contributed by atoms with van der Waals surface area (Å²) < 4.78 is 9.33. The van der Waals surface area contributed by atoms with Gasteiger partial charge in [-0.05, 0) is 6.42 Å². The molecule has 0 aromatic heterocycles. The maximum atomic E-state index is 10.8. The van der Waals surface area contributed by atoms with Crippen molar-refractivity contribution in [3.8, 4) is 0 Å². The van der Waals surface area contributed by atoms with Gasteiger partial charge in [-0.1, -0.05) is 0 Å². The quantitative estimate of drug-likeness (QED) is 0.579. The second-order valence-electron chi connectivity index (χ2n) is 2.62. The van der Waals surface area contributed by atoms with Gasteiger partial charge in [0.25, 0.3) is 0 Å². The molecule has 1 fully saturated rings. The summed E-state index contributed by atoms with van der Waals surface area (Å²) in [5, 5.41) is 8.55. The summed E-state index contributed by atoms with van der Waals surface area (Å²) in [7, 11) is 1.25. The Morgan fingerprint density at radius 1 is 1.58 bits per heavy atom. The average Bonchev–Trinajstić information content (AvgIpc) is 2.51. The molecule has 68 valence electrons. The molecule has 2 atom stereocenters. The lowest BCUT2D eigenvalue weighted by molar-refractivity contribution is -0.151. The molecule has 5 heteroatoms. The number of methoxy groups -OCH3 is 1. The Kier molecular flexibility index (Phi) is 2.65. The van der Waals surface area contributed by atoms with Crippen LogP contribution in [0.15, 0.2) is 0 Å². The molecule has 1 aliphatic heterocycles. The van der Waals surface area contributed by atoms with E-state index in [0.717, 1.165) is 0 Å². The minimum absolute atomic E-state index is 0.0924. The zero-order valence-electron chi connectivity index (χ0n) is 6.65. The lowest BCUT2D eigenvalue weighted by Gasteiger charge is -2.04. The third kappa shape index (κ3) is 1.73. The van der Waals surface area contributed by atoms with Gasteiger partial charge in [0.1, 0.15) is 0 Å². The smallest absolute Gasteiger partial charge is 0.334 e. The van der Waals surface area contributed by atoms with Gasteiger partial charge in [0.2, 0.25) is 0 Å². The van der Waals surface area contributed by atoms with E-state index >= 15 is 0 Å². The summed E-state index contributed by atoms with van der Waals surface area (Å²) in [5.74, 6) is -2.01. The monoisotopic (exact) mass is 174 g/mol. The highest BCUT2D eigenvalue weighted by atomic mass is 16.6. The van der Waals surface area contributed by atoms with E-state index in [9.17, 15) is 9.59 Å². The molecule has 0 radical (unpaired) electrons. The van der Waals surface area contributed by atoms with E-state index in [1.54, 1.807) is 0 Å². The Balaban J connectivity index is 2.45. The topological polar surface area (TPSA) is 72.8 Å². The van der Waals surface area contributed by atoms with Crippen LogP contribution in [-0.2, 0) is 19.1 Å². The molecule has 0 aliphatic carbocycles. The van der Waals surface area contributed by atoms with Crippen LogP contribution in [0, 0.1) is 5.92 Å². The van der Waals surface area contributed by atoms with E-state index in [1.165, 1.54) is 7.11 Å². The van der Waals surface area contributed by atoms with Crippen LogP contribution in [0.2, 0.25) is 0 Å². The van der Waals surface area contributed by atoms with Gasteiger partial charge in [-0.2, -0.15) is 0 Å². The zero-order valence-corrected chi connectivity index (χ0v) is 6.65. The molecular weight excluding hydrogens is 164 g/mol. The van der Waals surface area contributed by atoms with Crippen LogP contribution in [0.4, 0.5) is 0 Å². The Morgan fingerprint density at radius 2 is 2.25 bits per heavy atom. The first-order chi connectivity index (χ1) is 5.65. The normalized spacial score (nSPS) is 28.4. The van der Waals surface area contributed by atoms with Crippen LogP contribution in [0.3, 0.4) is 0 Å². The molecule has 0 spiro atoms. The fourth-order valence-corrected chi connectivity index (χ4v) is 1.09. The fourth-order valence-electron chi connectivity index (χ4n) is 1.09. The SMILES string of the molecule is COC(=O)[C@H]1C[C@@H](C(=O)O)CO1. The molecule has 1 rings (SSSR count). The Labute approximate surface area is 69.3 Å². The Morgan fingerprint density at radius 3 is 2.67 bits per heavy atom. The third-order valence-electron chi connectivity index (χ3n) is 1.81. The summed E-state index contributed by atoms with van der Waals surface area (Å²) in [6, 6.07) is 0. The molecule has 1 heterocycles. The van der Waals surface area contributed by atoms with Gasteiger partial charge in [0.15, 0.2) is 6.10 Å². The van der Waals surface area contributed by atoms with E-state index in [0.29, 0.717) is 0 Å². The van der Waals surface area contributed by atoms with Crippen LogP contribution in [-0.4, -0.2) is 36.9 Å². The first-order valence-corrected chi connectivity index (χ1v) is 3.57. The second kappa shape index (κ2) is 3.53. The van der Waals surface area contributed by atoms with Gasteiger partial charge < -0.3 is 14.6 Å². The predicted molar refractivity (Wildman–Crippen MR) is 37.5 cm³/mol. The molecule has 5 nitrogen and oxygen atoms in total. The summed E-state index contributed by atoms with van der Waals surface area (Å²) in [6.07, 6.45) is -0.488. The highest BCUT2D eigenvalue weighted by molar-refractivity contribution is 5.77. The highest BCUT2D eigenvalue weighted by Gasteiger charge is 2.35. The number of aliphatic carboxylic acids is 1. The predicted octanol–water partition coefficient (Wildman–Crippen LogP) is -0.351. The number of ether oxygens (including phenoxy) is 2. The summed E-state index contributed by atoms with van der Waals surface area (Å²) >= 11 is 0. The van der Waals surface area contributed by atoms with E-state index in [1.807, 2.05) is 0 Å². The highest BCUT2D eigenvalue weighted by Crippen LogP contribution is 2.20. The molecule has 0 aromatic carbocycles. The van der Waals surface area contributed by atoms with Gasteiger partial charge in [-0.3, -0.25) is 4.79 Å². The van der Waals surface area contributed by atoms with E-state index < -0.39 is 24.0 Å². The maximum Gasteiger partial charge on any atom is 0.334 e. The van der Waals surface area contributed by atoms with Crippen LogP contribution in [0.5, 0.6) is 0 Å². The van der Waals surface area contributed by atoms with Crippen molar-refractivity contribution in [3.05, 3.63) is 0 Å². The van der Waals surface area contributed by atoms with Crippen molar-refractivity contribution in [3.63, 3.8) is 0 Å². The largest absolute Gasteiger partial charge is 0.481 e. The number of carboxylic acid groups (broad SMARTS) is 1. The van der Waals surface area contributed by atoms with Gasteiger partial charge in [0, 0.05) is 0 Å². The molecular formula is C7H10O5. The van der Waals surface area contributed by atoms with Gasteiger partial charge in [-0.25, -0.2) is 4.79 Å². The Hall–Kier alpha value is -1.10. The molecule has 0 unspecified atom stereocenters. The van der Waals surface area contributed by atoms with Crippen LogP contribution in [0.25, 0.3) is 0 Å². The van der Waals surface area contributed by atoms with E-state index in [-0.39, 0.29) is 13.0 Å². The summed E-state index contributed by atoms with van der Waals surface area (Å²) in [4.78, 5) is 21.3. The number of carbonyl (C=O) groups excluding carboxylic acids is 1. The van der Waals surface area contributed by atoms with E-state index in [2.05, 4.69) is 4.74 Å². The molecule has 0 amide bonds. The van der Waals surface area contributed by atoms with Gasteiger partial charge in [0.05, 0.1) is 19.6 Å². The van der Waals surface area contributed by atoms with Crippen molar-refractivity contribution in [1.29, 1.82) is 0 Å². The fraction of sp³-hybridized carbons (Fsp3) is 0.714. The van der Waals surface area contributed by atoms with Crippen molar-refractivity contribution in [2.75, 3.05) is 13.7 Å². The zero-order chi connectivity index (χ0) is 9.14. The minimum atomic E-state index is -0.929. The van der Waals surface area contributed by atoms with Crippen LogP contribution < -0.4 is 0 Å². The summed E-state index contributed by atoms with van der Waals surface area (Å²) in [5.41, 5.74) is 0. The molecule has 1 saturated heterocycles. The minimum Gasteiger partial charge on any atom is -0.481 e. The number of hydrogen-bond acceptors (Lipinski definition) is 4.